The number of aromatic amines is 1. The van der Waals surface area contributed by atoms with E-state index in [9.17, 15) is 9.59 Å². The van der Waals surface area contributed by atoms with Crippen LogP contribution in [-0.4, -0.2) is 57.0 Å². The molecule has 150 valence electrons. The van der Waals surface area contributed by atoms with Crippen molar-refractivity contribution >= 4 is 22.9 Å². The van der Waals surface area contributed by atoms with Crippen LogP contribution in [0.4, 0.5) is 0 Å². The number of hydrogen-bond acceptors (Lipinski definition) is 4. The van der Waals surface area contributed by atoms with Crippen molar-refractivity contribution in [3.8, 4) is 0 Å². The SMILES string of the molecule is Cc1cccc2[nH]c(CCC(=O)NC3CC(N(CC(=O)O)CC4CC4)C3)nc12. The van der Waals surface area contributed by atoms with Crippen LogP contribution in [-0.2, 0) is 16.0 Å². The highest BCUT2D eigenvalue weighted by Gasteiger charge is 2.37. The summed E-state index contributed by atoms with van der Waals surface area (Å²) in [6, 6.07) is 6.46. The molecule has 2 aliphatic carbocycles. The number of carboxylic acid groups (broad SMARTS) is 1. The van der Waals surface area contributed by atoms with Crippen LogP contribution in [0, 0.1) is 12.8 Å². The molecule has 4 rings (SSSR count). The minimum Gasteiger partial charge on any atom is -0.480 e. The first-order valence-electron chi connectivity index (χ1n) is 10.2. The lowest BCUT2D eigenvalue weighted by Gasteiger charge is -2.42. The van der Waals surface area contributed by atoms with Gasteiger partial charge in [-0.1, -0.05) is 12.1 Å². The van der Waals surface area contributed by atoms with Crippen molar-refractivity contribution in [3.05, 3.63) is 29.6 Å². The van der Waals surface area contributed by atoms with E-state index in [0.29, 0.717) is 18.8 Å². The van der Waals surface area contributed by atoms with Crippen LogP contribution >= 0.6 is 0 Å². The summed E-state index contributed by atoms with van der Waals surface area (Å²) in [5.41, 5.74) is 3.10. The summed E-state index contributed by atoms with van der Waals surface area (Å²) < 4.78 is 0. The molecule has 1 heterocycles. The van der Waals surface area contributed by atoms with E-state index in [0.717, 1.165) is 41.8 Å². The third kappa shape index (κ3) is 4.52. The van der Waals surface area contributed by atoms with Crippen LogP contribution in [0.25, 0.3) is 11.0 Å². The third-order valence-electron chi connectivity index (χ3n) is 5.88. The standard InChI is InChI=1S/C21H28N4O3/c1-13-3-2-4-17-21(13)24-18(23-17)7-8-19(26)22-15-9-16(10-15)25(12-20(27)28)11-14-5-6-14/h2-4,14-16H,5-12H2,1H3,(H,22,26)(H,23,24)(H,27,28). The molecule has 1 amide bonds. The number of nitrogens with one attached hydrogen (secondary N) is 2. The fraction of sp³-hybridized carbons (Fsp3) is 0.571. The zero-order valence-corrected chi connectivity index (χ0v) is 16.3. The molecule has 2 fully saturated rings. The number of carbonyl (C=O) groups excluding carboxylic acids is 1. The van der Waals surface area contributed by atoms with Crippen LogP contribution in [0.3, 0.4) is 0 Å². The van der Waals surface area contributed by atoms with Gasteiger partial charge in [-0.25, -0.2) is 4.98 Å². The second kappa shape index (κ2) is 7.91. The van der Waals surface area contributed by atoms with E-state index in [4.69, 9.17) is 5.11 Å². The molecule has 1 aromatic carbocycles. The highest BCUT2D eigenvalue weighted by molar-refractivity contribution is 5.79. The Hall–Kier alpha value is -2.41. The molecule has 0 bridgehead atoms. The van der Waals surface area contributed by atoms with Crippen molar-refractivity contribution in [1.29, 1.82) is 0 Å². The molecular weight excluding hydrogens is 356 g/mol. The molecule has 0 spiro atoms. The van der Waals surface area contributed by atoms with Gasteiger partial charge in [-0.3, -0.25) is 14.5 Å². The summed E-state index contributed by atoms with van der Waals surface area (Å²) in [6.07, 6.45) is 5.10. The fourth-order valence-corrected chi connectivity index (χ4v) is 4.03. The highest BCUT2D eigenvalue weighted by Crippen LogP contribution is 2.33. The van der Waals surface area contributed by atoms with Gasteiger partial charge in [-0.2, -0.15) is 0 Å². The summed E-state index contributed by atoms with van der Waals surface area (Å²) in [5, 5.41) is 12.2. The molecule has 2 aromatic rings. The second-order valence-electron chi connectivity index (χ2n) is 8.31. The first-order chi connectivity index (χ1) is 13.5. The zero-order valence-electron chi connectivity index (χ0n) is 16.3. The maximum absolute atomic E-state index is 12.3. The van der Waals surface area contributed by atoms with Crippen molar-refractivity contribution < 1.29 is 14.7 Å². The lowest BCUT2D eigenvalue weighted by atomic mass is 9.85. The summed E-state index contributed by atoms with van der Waals surface area (Å²) in [4.78, 5) is 33.3. The van der Waals surface area contributed by atoms with E-state index >= 15 is 0 Å². The van der Waals surface area contributed by atoms with E-state index in [1.807, 2.05) is 25.1 Å². The van der Waals surface area contributed by atoms with Gasteiger partial charge < -0.3 is 15.4 Å². The average Bonchev–Trinajstić information content (AvgIpc) is 3.31. The number of aromatic nitrogens is 2. The molecule has 2 aliphatic rings. The minimum absolute atomic E-state index is 0.0348. The number of amides is 1. The lowest BCUT2D eigenvalue weighted by molar-refractivity contribution is -0.140. The minimum atomic E-state index is -0.769. The number of para-hydroxylation sites is 1. The molecule has 28 heavy (non-hydrogen) atoms. The highest BCUT2D eigenvalue weighted by atomic mass is 16.4. The van der Waals surface area contributed by atoms with Crippen LogP contribution in [0.2, 0.25) is 0 Å². The summed E-state index contributed by atoms with van der Waals surface area (Å²) >= 11 is 0. The molecule has 0 radical (unpaired) electrons. The molecule has 0 aliphatic heterocycles. The molecule has 0 saturated heterocycles. The number of nitrogens with zero attached hydrogens (tertiary/aromatic N) is 2. The Morgan fingerprint density at radius 1 is 1.32 bits per heavy atom. The Bertz CT molecular complexity index is 868. The van der Waals surface area contributed by atoms with Gasteiger partial charge in [0, 0.05) is 31.5 Å². The molecule has 7 heteroatoms. The van der Waals surface area contributed by atoms with E-state index < -0.39 is 5.97 Å². The zero-order chi connectivity index (χ0) is 19.7. The Labute approximate surface area is 164 Å². The molecule has 0 atom stereocenters. The Morgan fingerprint density at radius 2 is 2.11 bits per heavy atom. The van der Waals surface area contributed by atoms with E-state index in [-0.39, 0.29) is 24.5 Å². The normalized spacial score (nSPS) is 21.6. The number of carbonyl (C=O) groups is 2. The first-order valence-corrected chi connectivity index (χ1v) is 10.2. The predicted molar refractivity (Wildman–Crippen MR) is 106 cm³/mol. The van der Waals surface area contributed by atoms with Gasteiger partial charge >= 0.3 is 5.97 Å². The number of hydrogen-bond donors (Lipinski definition) is 3. The summed E-state index contributed by atoms with van der Waals surface area (Å²) in [7, 11) is 0. The van der Waals surface area contributed by atoms with Gasteiger partial charge in [-0.05, 0) is 50.2 Å². The number of benzene rings is 1. The topological polar surface area (TPSA) is 98.3 Å². The van der Waals surface area contributed by atoms with Crippen LogP contribution in [0.1, 0.15) is 43.5 Å². The molecule has 1 aromatic heterocycles. The molecule has 7 nitrogen and oxygen atoms in total. The lowest BCUT2D eigenvalue weighted by Crippen LogP contribution is -2.55. The van der Waals surface area contributed by atoms with E-state index in [1.54, 1.807) is 0 Å². The van der Waals surface area contributed by atoms with Gasteiger partial charge in [0.05, 0.1) is 17.6 Å². The largest absolute Gasteiger partial charge is 0.480 e. The summed E-state index contributed by atoms with van der Waals surface area (Å²) in [5.74, 6) is 0.769. The number of aliphatic carboxylic acids is 1. The number of H-pyrrole nitrogens is 1. The smallest absolute Gasteiger partial charge is 0.317 e. The number of fused-ring (bicyclic) bond motifs is 1. The van der Waals surface area contributed by atoms with Crippen LogP contribution in [0.15, 0.2) is 18.2 Å². The van der Waals surface area contributed by atoms with Crippen molar-refractivity contribution in [1.82, 2.24) is 20.2 Å². The molecular formula is C21H28N4O3. The Kier molecular flexibility index (Phi) is 5.35. The number of imidazole rings is 1. The van der Waals surface area contributed by atoms with Crippen LogP contribution < -0.4 is 5.32 Å². The predicted octanol–water partition coefficient (Wildman–Crippen LogP) is 2.25. The van der Waals surface area contributed by atoms with Gasteiger partial charge in [0.1, 0.15) is 5.82 Å². The maximum Gasteiger partial charge on any atom is 0.317 e. The Balaban J connectivity index is 1.22. The van der Waals surface area contributed by atoms with Crippen molar-refractivity contribution in [2.45, 2.75) is 57.5 Å². The third-order valence-corrected chi connectivity index (χ3v) is 5.88. The monoisotopic (exact) mass is 384 g/mol. The Morgan fingerprint density at radius 3 is 2.79 bits per heavy atom. The summed E-state index contributed by atoms with van der Waals surface area (Å²) in [6.45, 7) is 3.01. The fourth-order valence-electron chi connectivity index (χ4n) is 4.03. The number of aryl methyl sites for hydroxylation is 2. The van der Waals surface area contributed by atoms with Crippen molar-refractivity contribution in [3.63, 3.8) is 0 Å². The maximum atomic E-state index is 12.3. The molecule has 0 unspecified atom stereocenters. The van der Waals surface area contributed by atoms with Gasteiger partial charge in [0.15, 0.2) is 0 Å². The number of rotatable bonds is 9. The van der Waals surface area contributed by atoms with Gasteiger partial charge in [0.25, 0.3) is 0 Å². The van der Waals surface area contributed by atoms with Gasteiger partial charge in [0.2, 0.25) is 5.91 Å². The molecule has 3 N–H and O–H groups in total. The van der Waals surface area contributed by atoms with Crippen LogP contribution in [0.5, 0.6) is 0 Å². The molecule has 2 saturated carbocycles. The quantitative estimate of drug-likeness (QED) is 0.616. The first kappa shape index (κ1) is 18.9. The average molecular weight is 384 g/mol. The van der Waals surface area contributed by atoms with E-state index in [1.165, 1.54) is 12.8 Å². The number of carboxylic acids is 1. The van der Waals surface area contributed by atoms with Gasteiger partial charge in [-0.15, -0.1) is 0 Å². The van der Waals surface area contributed by atoms with Crippen molar-refractivity contribution in [2.24, 2.45) is 5.92 Å². The van der Waals surface area contributed by atoms with E-state index in [2.05, 4.69) is 20.2 Å². The second-order valence-corrected chi connectivity index (χ2v) is 8.31. The van der Waals surface area contributed by atoms with Crippen molar-refractivity contribution in [2.75, 3.05) is 13.1 Å².